The van der Waals surface area contributed by atoms with Gasteiger partial charge in [0, 0.05) is 31.5 Å². The topological polar surface area (TPSA) is 148 Å². The van der Waals surface area contributed by atoms with Gasteiger partial charge in [-0.25, -0.2) is 26.6 Å². The molecule has 21 heteroatoms. The fraction of sp³-hybridized carbons (Fsp3) is 0.520. The van der Waals surface area contributed by atoms with Crippen molar-refractivity contribution in [2.45, 2.75) is 75.3 Å². The lowest BCUT2D eigenvalue weighted by Crippen LogP contribution is -2.43. The van der Waals surface area contributed by atoms with Crippen molar-refractivity contribution < 1.29 is 62.6 Å². The predicted octanol–water partition coefficient (Wildman–Crippen LogP) is 5.01. The molecule has 0 spiro atoms. The van der Waals surface area contributed by atoms with Crippen LogP contribution >= 0.6 is 11.3 Å². The fourth-order valence-electron chi connectivity index (χ4n) is 4.20. The monoisotopic (exact) mass is 707 g/mol. The Morgan fingerprint density at radius 3 is 2.39 bits per heavy atom. The number of benzene rings is 1. The summed E-state index contributed by atoms with van der Waals surface area (Å²) in [6.07, 6.45) is -6.63. The maximum Gasteiger partial charge on any atom is 0.404 e. The molecular formula is C25H25F8N5O6S2. The fourth-order valence-corrected chi connectivity index (χ4v) is 6.50. The number of thiazole rings is 1. The number of aliphatic hydroxyl groups is 1. The number of hydrogen-bond donors (Lipinski definition) is 2. The number of amides is 1. The van der Waals surface area contributed by atoms with Crippen LogP contribution < -0.4 is 9.46 Å². The molecule has 0 radical (unpaired) electrons. The summed E-state index contributed by atoms with van der Waals surface area (Å²) >= 11 is 0.496. The van der Waals surface area contributed by atoms with E-state index in [0.717, 1.165) is 4.90 Å². The van der Waals surface area contributed by atoms with Gasteiger partial charge in [0.2, 0.25) is 15.9 Å². The Hall–Kier alpha value is -3.43. The number of carbonyl (C=O) groups is 1. The van der Waals surface area contributed by atoms with Gasteiger partial charge in [-0.1, -0.05) is 0 Å². The van der Waals surface area contributed by atoms with E-state index in [9.17, 15) is 49.1 Å². The summed E-state index contributed by atoms with van der Waals surface area (Å²) in [5.74, 6) is -7.95. The third-order valence-corrected chi connectivity index (χ3v) is 9.11. The summed E-state index contributed by atoms with van der Waals surface area (Å²) in [4.78, 5) is 16.7. The van der Waals surface area contributed by atoms with Crippen molar-refractivity contribution in [1.82, 2.24) is 24.8 Å². The van der Waals surface area contributed by atoms with Gasteiger partial charge in [-0.05, 0) is 32.9 Å². The summed E-state index contributed by atoms with van der Waals surface area (Å²) in [5, 5.41) is 17.3. The molecule has 254 valence electrons. The highest BCUT2D eigenvalue weighted by Crippen LogP contribution is 2.44. The average molecular weight is 708 g/mol. The molecule has 46 heavy (non-hydrogen) atoms. The Balaban J connectivity index is 1.87. The quantitative estimate of drug-likeness (QED) is 0.278. The average Bonchev–Trinajstić information content (AvgIpc) is 3.54. The molecule has 1 aliphatic heterocycles. The lowest BCUT2D eigenvalue weighted by atomic mass is 10.1. The Morgan fingerprint density at radius 1 is 1.20 bits per heavy atom. The highest BCUT2D eigenvalue weighted by molar-refractivity contribution is 7.89. The number of piperidine rings is 1. The van der Waals surface area contributed by atoms with Crippen molar-refractivity contribution in [3.63, 3.8) is 0 Å². The van der Waals surface area contributed by atoms with Crippen LogP contribution in [0.25, 0.3) is 21.3 Å². The van der Waals surface area contributed by atoms with E-state index in [1.54, 1.807) is 0 Å². The summed E-state index contributed by atoms with van der Waals surface area (Å²) in [7, 11) is -5.32. The number of nitrogens with one attached hydrogen (secondary N) is 1. The third-order valence-electron chi connectivity index (χ3n) is 6.47. The van der Waals surface area contributed by atoms with E-state index in [2.05, 4.69) is 19.9 Å². The smallest absolute Gasteiger partial charge is 0.404 e. The first-order valence-electron chi connectivity index (χ1n) is 13.2. The second-order valence-corrected chi connectivity index (χ2v) is 13.5. The van der Waals surface area contributed by atoms with Crippen molar-refractivity contribution in [2.24, 2.45) is 0 Å². The Labute approximate surface area is 259 Å². The lowest BCUT2D eigenvalue weighted by molar-refractivity contribution is -0.147. The van der Waals surface area contributed by atoms with Crippen molar-refractivity contribution in [1.29, 1.82) is 0 Å². The van der Waals surface area contributed by atoms with Crippen molar-refractivity contribution in [2.75, 3.05) is 13.1 Å². The summed E-state index contributed by atoms with van der Waals surface area (Å²) in [5.41, 5.74) is -2.56. The van der Waals surface area contributed by atoms with Gasteiger partial charge in [-0.2, -0.15) is 26.7 Å². The van der Waals surface area contributed by atoms with E-state index in [1.807, 2.05) is 0 Å². The van der Waals surface area contributed by atoms with E-state index >= 15 is 4.39 Å². The van der Waals surface area contributed by atoms with Crippen LogP contribution in [0, 0.1) is 5.82 Å². The SMILES string of the molecule is C[C@H](NS(=O)(=O)c1ccc(-c2sc(-c3nnc(CC(C)(C)O)o3)nc2C(=O)N2CCC(F)(F)CC2)c(OC(F)F)c1F)C(F)(F)F. The first-order valence-corrected chi connectivity index (χ1v) is 15.5. The normalized spacial score (nSPS) is 16.6. The number of aromatic nitrogens is 3. The second kappa shape index (κ2) is 12.6. The molecule has 2 aromatic heterocycles. The number of alkyl halides is 7. The summed E-state index contributed by atoms with van der Waals surface area (Å²) < 4.78 is 146. The molecule has 0 aliphatic carbocycles. The maximum absolute atomic E-state index is 15.7. The summed E-state index contributed by atoms with van der Waals surface area (Å²) in [6.45, 7) is -1.35. The summed E-state index contributed by atoms with van der Waals surface area (Å²) in [6, 6.07) is -1.52. The van der Waals surface area contributed by atoms with Crippen molar-refractivity contribution >= 4 is 27.3 Å². The number of rotatable bonds is 10. The zero-order chi connectivity index (χ0) is 34.4. The molecule has 0 unspecified atom stereocenters. The molecule has 3 aromatic rings. The highest BCUT2D eigenvalue weighted by Gasteiger charge is 2.41. The molecule has 1 amide bonds. The van der Waals surface area contributed by atoms with Crippen LogP contribution in [0.2, 0.25) is 0 Å². The van der Waals surface area contributed by atoms with E-state index in [4.69, 9.17) is 4.42 Å². The lowest BCUT2D eigenvalue weighted by Gasteiger charge is -2.31. The molecule has 1 saturated heterocycles. The molecule has 1 atom stereocenters. The molecule has 11 nitrogen and oxygen atoms in total. The largest absolute Gasteiger partial charge is 0.431 e. The van der Waals surface area contributed by atoms with Gasteiger partial charge in [0.05, 0.1) is 16.9 Å². The number of halogens is 8. The molecule has 4 rings (SSSR count). The van der Waals surface area contributed by atoms with Crippen LogP contribution in [-0.2, 0) is 16.4 Å². The number of nitrogens with zero attached hydrogens (tertiary/aromatic N) is 4. The first-order chi connectivity index (χ1) is 21.1. The van der Waals surface area contributed by atoms with Crippen LogP contribution in [0.3, 0.4) is 0 Å². The number of hydrogen-bond acceptors (Lipinski definition) is 10. The second-order valence-electron chi connectivity index (χ2n) is 10.9. The molecule has 1 aromatic carbocycles. The van der Waals surface area contributed by atoms with Crippen LogP contribution in [0.5, 0.6) is 5.75 Å². The molecule has 0 saturated carbocycles. The third kappa shape index (κ3) is 8.10. The number of likely N-dealkylation sites (tertiary alicyclic amines) is 1. The molecule has 1 aliphatic rings. The van der Waals surface area contributed by atoms with E-state index < -0.39 is 105 Å². The molecule has 0 bridgehead atoms. The number of ether oxygens (including phenoxy) is 1. The van der Waals surface area contributed by atoms with Gasteiger partial charge in [0.25, 0.3) is 17.7 Å². The number of carbonyl (C=O) groups excluding carboxylic acids is 1. The minimum absolute atomic E-state index is 0.0756. The molecule has 3 heterocycles. The van der Waals surface area contributed by atoms with E-state index in [1.165, 1.54) is 18.6 Å². The molecule has 2 N–H and O–H groups in total. The Kier molecular flexibility index (Phi) is 9.74. The van der Waals surface area contributed by atoms with Gasteiger partial charge in [0.15, 0.2) is 16.6 Å². The van der Waals surface area contributed by atoms with Crippen molar-refractivity contribution in [3.05, 3.63) is 29.5 Å². The van der Waals surface area contributed by atoms with Gasteiger partial charge >= 0.3 is 12.8 Å². The van der Waals surface area contributed by atoms with E-state index in [0.29, 0.717) is 30.4 Å². The maximum atomic E-state index is 15.7. The van der Waals surface area contributed by atoms with Crippen molar-refractivity contribution in [3.8, 4) is 27.1 Å². The van der Waals surface area contributed by atoms with Gasteiger partial charge in [0.1, 0.15) is 16.6 Å². The van der Waals surface area contributed by atoms with Crippen LogP contribution in [0.4, 0.5) is 35.1 Å². The first kappa shape index (κ1) is 35.4. The van der Waals surface area contributed by atoms with Gasteiger partial charge < -0.3 is 19.2 Å². The van der Waals surface area contributed by atoms with Gasteiger partial charge in [-0.3, -0.25) is 4.79 Å². The van der Waals surface area contributed by atoms with E-state index in [-0.39, 0.29) is 23.2 Å². The zero-order valence-electron chi connectivity index (χ0n) is 24.0. The highest BCUT2D eigenvalue weighted by atomic mass is 32.2. The zero-order valence-corrected chi connectivity index (χ0v) is 25.6. The standard InChI is InChI=1S/C25H25F8N5O6S2/c1-11(25(31,32)33)37-46(41,42)13-5-4-12(17(15(13)26)44-22(27)28)18-16(21(39)38-8-6-24(29,30)7-9-38)34-20(45-18)19-36-35-14(43-19)10-23(2,3)40/h4-5,11,22,37,40H,6-10H2,1-3H3/t11-/m0/s1. The van der Waals surface area contributed by atoms with Crippen LogP contribution in [-0.4, -0.2) is 83.0 Å². The Bertz CT molecular complexity index is 1700. The number of sulfonamides is 1. The molecular weight excluding hydrogens is 682 g/mol. The minimum Gasteiger partial charge on any atom is -0.431 e. The van der Waals surface area contributed by atoms with Crippen LogP contribution in [0.15, 0.2) is 21.4 Å². The van der Waals surface area contributed by atoms with Gasteiger partial charge in [-0.15, -0.1) is 21.5 Å². The Morgan fingerprint density at radius 2 is 1.83 bits per heavy atom. The predicted molar refractivity (Wildman–Crippen MR) is 143 cm³/mol. The minimum atomic E-state index is -5.32. The van der Waals surface area contributed by atoms with Crippen LogP contribution in [0.1, 0.15) is 50.0 Å². The molecule has 1 fully saturated rings.